The molecule has 0 aromatic heterocycles. The smallest absolute Gasteiger partial charge is 0.300 e. The molecule has 0 fully saturated rings. The minimum absolute atomic E-state index is 0.144. The van der Waals surface area contributed by atoms with Crippen LogP contribution in [0.15, 0.2) is 40.9 Å². The third-order valence-corrected chi connectivity index (χ3v) is 3.54. The van der Waals surface area contributed by atoms with Crippen molar-refractivity contribution >= 4 is 44.8 Å². The van der Waals surface area contributed by atoms with Crippen LogP contribution in [0.25, 0.3) is 0 Å². The van der Waals surface area contributed by atoms with Gasteiger partial charge in [-0.15, -0.1) is 0 Å². The van der Waals surface area contributed by atoms with E-state index in [1.807, 2.05) is 0 Å². The first-order valence-electron chi connectivity index (χ1n) is 5.59. The molecule has 2 aromatic rings. The summed E-state index contributed by atoms with van der Waals surface area (Å²) < 4.78 is 13.6. The molecule has 5 nitrogen and oxygen atoms in total. The molecule has 0 saturated heterocycles. The van der Waals surface area contributed by atoms with Crippen LogP contribution >= 0.6 is 27.5 Å². The van der Waals surface area contributed by atoms with Crippen LogP contribution in [-0.4, -0.2) is 10.8 Å². The summed E-state index contributed by atoms with van der Waals surface area (Å²) in [5.41, 5.74) is -0.514. The van der Waals surface area contributed by atoms with Crippen LogP contribution in [0, 0.1) is 15.9 Å². The molecule has 2 rings (SSSR count). The van der Waals surface area contributed by atoms with Gasteiger partial charge in [-0.3, -0.25) is 14.9 Å². The number of carbonyl (C=O) groups excluding carboxylic acids is 1. The highest BCUT2D eigenvalue weighted by atomic mass is 79.9. The lowest BCUT2D eigenvalue weighted by Crippen LogP contribution is -2.14. The van der Waals surface area contributed by atoms with Crippen LogP contribution in [0.1, 0.15) is 10.4 Å². The fraction of sp³-hybridized carbons (Fsp3) is 0. The largest absolute Gasteiger partial charge is 0.322 e. The van der Waals surface area contributed by atoms with Crippen molar-refractivity contribution in [1.82, 2.24) is 0 Å². The van der Waals surface area contributed by atoms with Crippen molar-refractivity contribution in [3.05, 3.63) is 67.4 Å². The molecule has 1 amide bonds. The van der Waals surface area contributed by atoms with Gasteiger partial charge in [0.05, 0.1) is 9.40 Å². The lowest BCUT2D eigenvalue weighted by Gasteiger charge is -2.07. The fourth-order valence-electron chi connectivity index (χ4n) is 1.66. The van der Waals surface area contributed by atoms with E-state index < -0.39 is 22.3 Å². The topological polar surface area (TPSA) is 72.2 Å². The molecule has 108 valence electrons. The molecule has 0 bridgehead atoms. The molecule has 0 aliphatic rings. The summed E-state index contributed by atoms with van der Waals surface area (Å²) in [5.74, 6) is -1.31. The Balaban J connectivity index is 2.35. The van der Waals surface area contributed by atoms with Gasteiger partial charge in [0.25, 0.3) is 5.91 Å². The molecule has 0 aliphatic heterocycles. The van der Waals surface area contributed by atoms with Gasteiger partial charge in [0.15, 0.2) is 0 Å². The van der Waals surface area contributed by atoms with Gasteiger partial charge in [-0.05, 0) is 46.3 Å². The second-order valence-corrected chi connectivity index (χ2v) is 5.24. The Morgan fingerprint density at radius 2 is 2.05 bits per heavy atom. The summed E-state index contributed by atoms with van der Waals surface area (Å²) in [6.07, 6.45) is 0. The van der Waals surface area contributed by atoms with Gasteiger partial charge >= 0.3 is 5.69 Å². The molecule has 0 saturated carbocycles. The highest BCUT2D eigenvalue weighted by Crippen LogP contribution is 2.29. The van der Waals surface area contributed by atoms with E-state index in [4.69, 9.17) is 11.6 Å². The monoisotopic (exact) mass is 372 g/mol. The maximum Gasteiger partial charge on any atom is 0.300 e. The van der Waals surface area contributed by atoms with Crippen LogP contribution < -0.4 is 5.32 Å². The second-order valence-electron chi connectivity index (χ2n) is 3.98. The number of amides is 1. The first kappa shape index (κ1) is 15.4. The number of carbonyl (C=O) groups is 1. The SMILES string of the molecule is O=C(Nc1ccc(Br)c(F)c1)c1cccc(Cl)c1[N+](=O)[O-]. The van der Waals surface area contributed by atoms with E-state index in [9.17, 15) is 19.3 Å². The molecule has 21 heavy (non-hydrogen) atoms. The molecule has 0 atom stereocenters. The predicted molar refractivity (Wildman–Crippen MR) is 80.2 cm³/mol. The summed E-state index contributed by atoms with van der Waals surface area (Å²) in [5, 5.41) is 13.2. The van der Waals surface area contributed by atoms with E-state index in [1.54, 1.807) is 0 Å². The fourth-order valence-corrected chi connectivity index (χ4v) is 2.15. The number of rotatable bonds is 3. The number of hydrogen-bond acceptors (Lipinski definition) is 3. The van der Waals surface area contributed by atoms with E-state index in [0.29, 0.717) is 0 Å². The van der Waals surface area contributed by atoms with Crippen molar-refractivity contribution in [3.63, 3.8) is 0 Å². The molecule has 0 aliphatic carbocycles. The van der Waals surface area contributed by atoms with Gasteiger partial charge in [0.2, 0.25) is 0 Å². The quantitative estimate of drug-likeness (QED) is 0.640. The van der Waals surface area contributed by atoms with E-state index >= 15 is 0 Å². The van der Waals surface area contributed by atoms with Gasteiger partial charge in [-0.1, -0.05) is 17.7 Å². The number of hydrogen-bond donors (Lipinski definition) is 1. The maximum absolute atomic E-state index is 13.4. The van der Waals surface area contributed by atoms with Crippen LogP contribution in [0.4, 0.5) is 15.8 Å². The third kappa shape index (κ3) is 3.37. The number of nitro benzene ring substituents is 1. The number of nitrogens with one attached hydrogen (secondary N) is 1. The van der Waals surface area contributed by atoms with Crippen LogP contribution in [0.5, 0.6) is 0 Å². The van der Waals surface area contributed by atoms with Crippen LogP contribution in [-0.2, 0) is 0 Å². The van der Waals surface area contributed by atoms with Gasteiger partial charge in [-0.2, -0.15) is 0 Å². The standard InChI is InChI=1S/C13H7BrClFN2O3/c14-9-5-4-7(6-11(9)16)17-13(19)8-2-1-3-10(15)12(8)18(20)21/h1-6H,(H,17,19). The zero-order chi connectivity index (χ0) is 15.6. The first-order chi connectivity index (χ1) is 9.90. The predicted octanol–water partition coefficient (Wildman–Crippen LogP) is 4.40. The normalized spacial score (nSPS) is 10.2. The minimum Gasteiger partial charge on any atom is -0.322 e. The molecular weight excluding hydrogens is 367 g/mol. The zero-order valence-corrected chi connectivity index (χ0v) is 12.6. The molecule has 2 aromatic carbocycles. The molecule has 8 heteroatoms. The lowest BCUT2D eigenvalue weighted by atomic mass is 10.1. The number of nitrogens with zero attached hydrogens (tertiary/aromatic N) is 1. The summed E-state index contributed by atoms with van der Waals surface area (Å²) in [7, 11) is 0. The van der Waals surface area contributed by atoms with Crippen molar-refractivity contribution in [2.75, 3.05) is 5.32 Å². The zero-order valence-electron chi connectivity index (χ0n) is 10.3. The summed E-state index contributed by atoms with van der Waals surface area (Å²) in [6.45, 7) is 0. The van der Waals surface area contributed by atoms with Crippen LogP contribution in [0.2, 0.25) is 5.02 Å². The maximum atomic E-state index is 13.4. The Bertz CT molecular complexity index is 739. The van der Waals surface area contributed by atoms with Gasteiger partial charge in [0.1, 0.15) is 16.4 Å². The van der Waals surface area contributed by atoms with E-state index in [-0.39, 0.29) is 20.7 Å². The number of anilines is 1. The van der Waals surface area contributed by atoms with Crippen molar-refractivity contribution in [2.45, 2.75) is 0 Å². The van der Waals surface area contributed by atoms with Crippen molar-refractivity contribution < 1.29 is 14.1 Å². The molecule has 0 unspecified atom stereocenters. The highest BCUT2D eigenvalue weighted by Gasteiger charge is 2.23. The molecule has 0 spiro atoms. The van der Waals surface area contributed by atoms with Crippen molar-refractivity contribution in [1.29, 1.82) is 0 Å². The highest BCUT2D eigenvalue weighted by molar-refractivity contribution is 9.10. The Hall–Kier alpha value is -1.99. The molecule has 0 heterocycles. The Labute approximate surface area is 132 Å². The summed E-state index contributed by atoms with van der Waals surface area (Å²) in [6, 6.07) is 7.98. The Kier molecular flexibility index (Phi) is 4.54. The van der Waals surface area contributed by atoms with Crippen molar-refractivity contribution in [3.8, 4) is 0 Å². The van der Waals surface area contributed by atoms with Gasteiger partial charge < -0.3 is 5.32 Å². The van der Waals surface area contributed by atoms with Gasteiger partial charge in [0, 0.05) is 5.69 Å². The van der Waals surface area contributed by atoms with E-state index in [0.717, 1.165) is 6.07 Å². The average Bonchev–Trinajstić information content (AvgIpc) is 2.42. The minimum atomic E-state index is -0.745. The van der Waals surface area contributed by atoms with Gasteiger partial charge in [-0.25, -0.2) is 4.39 Å². The second kappa shape index (κ2) is 6.19. The first-order valence-corrected chi connectivity index (χ1v) is 6.76. The summed E-state index contributed by atoms with van der Waals surface area (Å²) in [4.78, 5) is 22.3. The summed E-state index contributed by atoms with van der Waals surface area (Å²) >= 11 is 8.72. The number of benzene rings is 2. The Morgan fingerprint density at radius 3 is 2.67 bits per heavy atom. The Morgan fingerprint density at radius 1 is 1.33 bits per heavy atom. The molecule has 0 radical (unpaired) electrons. The third-order valence-electron chi connectivity index (χ3n) is 2.59. The van der Waals surface area contributed by atoms with Crippen molar-refractivity contribution in [2.24, 2.45) is 0 Å². The number of para-hydroxylation sites is 1. The molecule has 1 N–H and O–H groups in total. The van der Waals surface area contributed by atoms with E-state index in [2.05, 4.69) is 21.2 Å². The number of halogens is 3. The van der Waals surface area contributed by atoms with E-state index in [1.165, 1.54) is 30.3 Å². The average molecular weight is 374 g/mol. The lowest BCUT2D eigenvalue weighted by molar-refractivity contribution is -0.385. The number of nitro groups is 1. The molecular formula is C13H7BrClFN2O3. The van der Waals surface area contributed by atoms with Crippen LogP contribution in [0.3, 0.4) is 0 Å².